The van der Waals surface area contributed by atoms with Crippen LogP contribution >= 0.6 is 0 Å². The molecule has 1 fully saturated rings. The van der Waals surface area contributed by atoms with Gasteiger partial charge < -0.3 is 34.7 Å². The normalized spacial score (nSPS) is 20.7. The lowest BCUT2D eigenvalue weighted by Gasteiger charge is -2.24. The zero-order valence-electron chi connectivity index (χ0n) is 18.8. The smallest absolute Gasteiger partial charge is 0.481 e. The van der Waals surface area contributed by atoms with Crippen LogP contribution in [-0.4, -0.2) is 71.2 Å². The predicted octanol–water partition coefficient (Wildman–Crippen LogP) is -1.29. The highest BCUT2D eigenvalue weighted by atomic mass is 16.5. The lowest BCUT2D eigenvalue weighted by atomic mass is 9.77. The summed E-state index contributed by atoms with van der Waals surface area (Å²) in [6, 6.07) is 9.83. The largest absolute Gasteiger partial charge is 0.491 e. The maximum absolute atomic E-state index is 13.5. The highest BCUT2D eigenvalue weighted by Crippen LogP contribution is 2.33. The van der Waals surface area contributed by atoms with Crippen LogP contribution in [0.5, 0.6) is 0 Å². The molecular formula is C23H24B2N2O8. The molecule has 3 heterocycles. The van der Waals surface area contributed by atoms with E-state index in [4.69, 9.17) is 14.4 Å². The van der Waals surface area contributed by atoms with E-state index in [1.165, 1.54) is 4.90 Å². The van der Waals surface area contributed by atoms with E-state index >= 15 is 0 Å². The summed E-state index contributed by atoms with van der Waals surface area (Å²) >= 11 is 0. The Labute approximate surface area is 202 Å². The number of carbonyl (C=O) groups excluding carboxylic acids is 2. The molecule has 3 aliphatic rings. The number of carboxylic acids is 1. The van der Waals surface area contributed by atoms with Crippen LogP contribution in [0.3, 0.4) is 0 Å². The Hall–Kier alpha value is -3.18. The number of nitrogens with one attached hydrogen (secondary N) is 1. The summed E-state index contributed by atoms with van der Waals surface area (Å²) in [6.07, 6.45) is 0.123. The second-order valence-corrected chi connectivity index (χ2v) is 9.04. The molecular weight excluding hydrogens is 454 g/mol. The van der Waals surface area contributed by atoms with Gasteiger partial charge in [-0.2, -0.15) is 0 Å². The number of benzene rings is 2. The van der Waals surface area contributed by atoms with Gasteiger partial charge in [-0.15, -0.1) is 0 Å². The maximum atomic E-state index is 13.5. The highest BCUT2D eigenvalue weighted by molar-refractivity contribution is 6.62. The third kappa shape index (κ3) is 4.57. The fourth-order valence-electron chi connectivity index (χ4n) is 4.96. The van der Waals surface area contributed by atoms with Crippen molar-refractivity contribution in [2.24, 2.45) is 0 Å². The third-order valence-electron chi connectivity index (χ3n) is 6.86. The molecule has 12 heteroatoms. The summed E-state index contributed by atoms with van der Waals surface area (Å²) in [5.41, 5.74) is 4.12. The van der Waals surface area contributed by atoms with Crippen molar-refractivity contribution >= 4 is 42.9 Å². The number of nitrogens with zero attached hydrogens (tertiary/aromatic N) is 1. The number of hydrogen-bond donors (Lipinski definition) is 4. The molecule has 180 valence electrons. The first-order valence-corrected chi connectivity index (χ1v) is 11.5. The molecule has 0 aliphatic carbocycles. The van der Waals surface area contributed by atoms with Crippen molar-refractivity contribution in [2.75, 3.05) is 13.1 Å². The Balaban J connectivity index is 1.41. The molecule has 10 nitrogen and oxygen atoms in total. The predicted molar refractivity (Wildman–Crippen MR) is 125 cm³/mol. The highest BCUT2D eigenvalue weighted by Gasteiger charge is 2.41. The van der Waals surface area contributed by atoms with E-state index in [2.05, 4.69) is 5.32 Å². The number of fused-ring (bicyclic) bond motifs is 2. The van der Waals surface area contributed by atoms with Crippen molar-refractivity contribution in [3.8, 4) is 0 Å². The number of rotatable bonds is 6. The van der Waals surface area contributed by atoms with Crippen molar-refractivity contribution in [3.05, 3.63) is 58.7 Å². The molecule has 2 unspecified atom stereocenters. The molecule has 0 saturated carbocycles. The maximum Gasteiger partial charge on any atom is 0.491 e. The molecule has 5 rings (SSSR count). The molecule has 1 saturated heterocycles. The summed E-state index contributed by atoms with van der Waals surface area (Å²) in [4.78, 5) is 38.9. The average Bonchev–Trinajstić information content (AvgIpc) is 3.55. The number of aliphatic carboxylic acids is 1. The van der Waals surface area contributed by atoms with Crippen LogP contribution in [-0.2, 0) is 32.1 Å². The summed E-state index contributed by atoms with van der Waals surface area (Å²) in [6.45, 7) is 0.817. The van der Waals surface area contributed by atoms with Crippen LogP contribution in [0.2, 0.25) is 0 Å². The second kappa shape index (κ2) is 9.46. The van der Waals surface area contributed by atoms with Gasteiger partial charge in [0.25, 0.3) is 5.91 Å². The molecule has 2 amide bonds. The minimum atomic E-state index is -1.10. The third-order valence-corrected chi connectivity index (χ3v) is 6.86. The molecule has 4 N–H and O–H groups in total. The molecule has 2 atom stereocenters. The van der Waals surface area contributed by atoms with Gasteiger partial charge in [0, 0.05) is 24.6 Å². The molecule has 3 aliphatic heterocycles. The Kier molecular flexibility index (Phi) is 6.37. The van der Waals surface area contributed by atoms with Gasteiger partial charge in [-0.05, 0) is 46.2 Å². The second-order valence-electron chi connectivity index (χ2n) is 9.04. The van der Waals surface area contributed by atoms with Crippen LogP contribution in [0.4, 0.5) is 0 Å². The van der Waals surface area contributed by atoms with Gasteiger partial charge in [0.05, 0.1) is 19.6 Å². The van der Waals surface area contributed by atoms with Crippen molar-refractivity contribution in [1.29, 1.82) is 0 Å². The van der Waals surface area contributed by atoms with Crippen molar-refractivity contribution < 1.29 is 38.8 Å². The van der Waals surface area contributed by atoms with Crippen LogP contribution in [0.1, 0.15) is 45.8 Å². The minimum Gasteiger partial charge on any atom is -0.481 e. The van der Waals surface area contributed by atoms with E-state index in [1.54, 1.807) is 18.2 Å². The van der Waals surface area contributed by atoms with Crippen molar-refractivity contribution in [1.82, 2.24) is 10.2 Å². The van der Waals surface area contributed by atoms with Crippen molar-refractivity contribution in [3.63, 3.8) is 0 Å². The van der Waals surface area contributed by atoms with E-state index < -0.39 is 32.2 Å². The van der Waals surface area contributed by atoms with Gasteiger partial charge in [0.15, 0.2) is 0 Å². The van der Waals surface area contributed by atoms with Crippen molar-refractivity contribution in [2.45, 2.75) is 38.0 Å². The summed E-state index contributed by atoms with van der Waals surface area (Å²) in [5, 5.41) is 31.6. The Bertz CT molecular complexity index is 1190. The van der Waals surface area contributed by atoms with Gasteiger partial charge in [-0.25, -0.2) is 0 Å². The zero-order chi connectivity index (χ0) is 24.7. The van der Waals surface area contributed by atoms with Crippen LogP contribution in [0, 0.1) is 0 Å². The van der Waals surface area contributed by atoms with Gasteiger partial charge in [0.2, 0.25) is 5.91 Å². The first-order valence-electron chi connectivity index (χ1n) is 11.5. The Morgan fingerprint density at radius 2 is 1.66 bits per heavy atom. The van der Waals surface area contributed by atoms with E-state index in [9.17, 15) is 24.4 Å². The molecule has 2 aromatic rings. The van der Waals surface area contributed by atoms with Gasteiger partial charge in [0.1, 0.15) is 6.04 Å². The van der Waals surface area contributed by atoms with Gasteiger partial charge >= 0.3 is 20.2 Å². The Morgan fingerprint density at radius 3 is 2.34 bits per heavy atom. The minimum absolute atomic E-state index is 0.0396. The topological polar surface area (TPSA) is 146 Å². The fourth-order valence-corrected chi connectivity index (χ4v) is 4.96. The van der Waals surface area contributed by atoms with E-state index in [1.807, 2.05) is 18.2 Å². The molecule has 35 heavy (non-hydrogen) atoms. The average molecular weight is 478 g/mol. The lowest BCUT2D eigenvalue weighted by Crippen LogP contribution is -2.46. The molecule has 2 aromatic carbocycles. The standard InChI is InChI=1S/C23H24B2N2O8/c28-21(29)5-6-26-22(30)20-9-17(13-1-3-15-11-34-24(32)18(15)7-13)10-27(20)23(31)14-2-4-16-12-35-25(33)19(16)8-14/h1-4,7-8,17,20,32-33H,5-6,9-12H2,(H,26,30)(H,28,29). The Morgan fingerprint density at radius 1 is 1.00 bits per heavy atom. The van der Waals surface area contributed by atoms with E-state index in [-0.39, 0.29) is 37.9 Å². The van der Waals surface area contributed by atoms with E-state index in [0.29, 0.717) is 29.5 Å². The monoisotopic (exact) mass is 478 g/mol. The number of amides is 2. The number of carboxylic acid groups (broad SMARTS) is 1. The zero-order valence-corrected chi connectivity index (χ0v) is 18.8. The number of carbonyl (C=O) groups is 3. The summed E-state index contributed by atoms with van der Waals surface area (Å²) < 4.78 is 10.5. The number of likely N-dealkylation sites (tertiary alicyclic amines) is 1. The van der Waals surface area contributed by atoms with Crippen LogP contribution in [0.25, 0.3) is 0 Å². The van der Waals surface area contributed by atoms with Crippen LogP contribution < -0.4 is 16.2 Å². The van der Waals surface area contributed by atoms with Crippen LogP contribution in [0.15, 0.2) is 36.4 Å². The van der Waals surface area contributed by atoms with E-state index in [0.717, 1.165) is 16.7 Å². The van der Waals surface area contributed by atoms with Gasteiger partial charge in [-0.3, -0.25) is 14.4 Å². The lowest BCUT2D eigenvalue weighted by molar-refractivity contribution is -0.137. The van der Waals surface area contributed by atoms with Gasteiger partial charge in [-0.1, -0.05) is 24.3 Å². The first-order chi connectivity index (χ1) is 16.8. The SMILES string of the molecule is O=C(O)CCNC(=O)C1CC(c2ccc3c(c2)B(O)OC3)CN1C(=O)c1ccc2c(c1)B(O)OC2. The number of hydrogen-bond acceptors (Lipinski definition) is 7. The molecule has 0 spiro atoms. The quantitative estimate of drug-likeness (QED) is 0.376. The fraction of sp³-hybridized carbons (Fsp3) is 0.348. The first kappa shape index (κ1) is 23.6. The summed E-state index contributed by atoms with van der Waals surface area (Å²) in [5.74, 6) is -1.98. The summed E-state index contributed by atoms with van der Waals surface area (Å²) in [7, 11) is -2.10. The molecule has 0 bridgehead atoms. The molecule has 0 radical (unpaired) electrons. The molecule has 0 aromatic heterocycles.